The molecule has 0 aliphatic rings. The van der Waals surface area contributed by atoms with Gasteiger partial charge in [-0.3, -0.25) is 0 Å². The van der Waals surface area contributed by atoms with Gasteiger partial charge in [0, 0.05) is 5.56 Å². The van der Waals surface area contributed by atoms with E-state index in [1.807, 2.05) is 37.3 Å². The zero-order chi connectivity index (χ0) is 11.4. The lowest BCUT2D eigenvalue weighted by molar-refractivity contribution is 0.341. The molecule has 0 bridgehead atoms. The summed E-state index contributed by atoms with van der Waals surface area (Å²) in [7, 11) is 0. The first kappa shape index (κ1) is 10.7. The van der Waals surface area contributed by atoms with Crippen molar-refractivity contribution in [3.05, 3.63) is 54.1 Å². The fraction of sp³-hybridized carbons (Fsp3) is 0.200. The van der Waals surface area contributed by atoms with Crippen LogP contribution in [0, 0.1) is 13.0 Å². The lowest BCUT2D eigenvalue weighted by atomic mass is 10.00. The summed E-state index contributed by atoms with van der Waals surface area (Å²) in [4.78, 5) is 0. The van der Waals surface area contributed by atoms with E-state index in [1.165, 1.54) is 5.56 Å². The van der Waals surface area contributed by atoms with E-state index < -0.39 is 0 Å². The van der Waals surface area contributed by atoms with Crippen LogP contribution < -0.4 is 4.74 Å². The van der Waals surface area contributed by atoms with Crippen LogP contribution in [-0.4, -0.2) is 6.61 Å². The third kappa shape index (κ3) is 2.08. The molecule has 0 saturated heterocycles. The van der Waals surface area contributed by atoms with Crippen LogP contribution in [-0.2, 0) is 0 Å². The molecule has 0 atom stereocenters. The highest BCUT2D eigenvalue weighted by molar-refractivity contribution is 5.72. The number of aryl methyl sites for hydroxylation is 1. The second-order valence-electron chi connectivity index (χ2n) is 3.64. The van der Waals surface area contributed by atoms with Crippen molar-refractivity contribution in [1.82, 2.24) is 0 Å². The lowest BCUT2D eigenvalue weighted by Gasteiger charge is -2.11. The van der Waals surface area contributed by atoms with Crippen molar-refractivity contribution >= 4 is 0 Å². The molecule has 16 heavy (non-hydrogen) atoms. The number of hydrogen-bond donors (Lipinski definition) is 0. The summed E-state index contributed by atoms with van der Waals surface area (Å²) < 4.78 is 5.63. The minimum absolute atomic E-state index is 0.687. The van der Waals surface area contributed by atoms with Gasteiger partial charge in [0.2, 0.25) is 0 Å². The number of ether oxygens (including phenoxy) is 1. The molecule has 2 aromatic rings. The second kappa shape index (κ2) is 4.84. The molecule has 0 saturated carbocycles. The largest absolute Gasteiger partial charge is 0.493 e. The van der Waals surface area contributed by atoms with Crippen LogP contribution in [0.4, 0.5) is 0 Å². The molecule has 2 aromatic carbocycles. The van der Waals surface area contributed by atoms with Gasteiger partial charge in [-0.2, -0.15) is 0 Å². The first-order valence-electron chi connectivity index (χ1n) is 5.52. The summed E-state index contributed by atoms with van der Waals surface area (Å²) in [5.41, 5.74) is 3.47. The van der Waals surface area contributed by atoms with Crippen molar-refractivity contribution in [1.29, 1.82) is 0 Å². The molecule has 0 unspecified atom stereocenters. The molecule has 0 N–H and O–H groups in total. The topological polar surface area (TPSA) is 9.23 Å². The molecule has 1 heteroatoms. The van der Waals surface area contributed by atoms with E-state index in [0.29, 0.717) is 6.61 Å². The molecule has 1 nitrogen and oxygen atoms in total. The summed E-state index contributed by atoms with van der Waals surface area (Å²) in [5, 5.41) is 0. The Morgan fingerprint density at radius 1 is 1.06 bits per heavy atom. The van der Waals surface area contributed by atoms with Crippen LogP contribution in [0.15, 0.2) is 42.5 Å². The number of para-hydroxylation sites is 1. The zero-order valence-corrected chi connectivity index (χ0v) is 9.66. The van der Waals surface area contributed by atoms with Gasteiger partial charge < -0.3 is 4.74 Å². The van der Waals surface area contributed by atoms with E-state index in [2.05, 4.69) is 25.1 Å². The number of rotatable bonds is 3. The molecular formula is C15H15O. The Bertz CT molecular complexity index is 474. The number of benzene rings is 2. The predicted octanol–water partition coefficient (Wildman–Crippen LogP) is 3.86. The van der Waals surface area contributed by atoms with Crippen molar-refractivity contribution in [2.24, 2.45) is 0 Å². The Morgan fingerprint density at radius 2 is 1.81 bits per heavy atom. The maximum atomic E-state index is 5.63. The maximum absolute atomic E-state index is 5.63. The average Bonchev–Trinajstić information content (AvgIpc) is 2.31. The molecular weight excluding hydrogens is 196 g/mol. The summed E-state index contributed by atoms with van der Waals surface area (Å²) in [5.74, 6) is 0.938. The molecule has 2 rings (SSSR count). The van der Waals surface area contributed by atoms with Gasteiger partial charge in [-0.1, -0.05) is 36.4 Å². The van der Waals surface area contributed by atoms with Gasteiger partial charge in [-0.15, -0.1) is 0 Å². The van der Waals surface area contributed by atoms with Crippen molar-refractivity contribution in [2.45, 2.75) is 13.8 Å². The Kier molecular flexibility index (Phi) is 3.25. The van der Waals surface area contributed by atoms with Crippen LogP contribution in [0.5, 0.6) is 5.75 Å². The molecule has 0 heterocycles. The van der Waals surface area contributed by atoms with Gasteiger partial charge >= 0.3 is 0 Å². The van der Waals surface area contributed by atoms with Crippen molar-refractivity contribution in [3.8, 4) is 16.9 Å². The molecule has 0 spiro atoms. The average molecular weight is 211 g/mol. The Morgan fingerprint density at radius 3 is 2.56 bits per heavy atom. The molecule has 81 valence electrons. The molecule has 0 amide bonds. The van der Waals surface area contributed by atoms with Gasteiger partial charge in [0.1, 0.15) is 5.75 Å². The number of hydrogen-bond acceptors (Lipinski definition) is 1. The molecule has 0 aliphatic heterocycles. The van der Waals surface area contributed by atoms with Crippen molar-refractivity contribution in [3.63, 3.8) is 0 Å². The SMILES string of the molecule is CCOc1ccccc1-c1ccc[c]c1C. The van der Waals surface area contributed by atoms with Gasteiger partial charge in [0.15, 0.2) is 0 Å². The summed E-state index contributed by atoms with van der Waals surface area (Å²) in [6.45, 7) is 4.76. The Hall–Kier alpha value is -1.76. The molecule has 1 radical (unpaired) electrons. The predicted molar refractivity (Wildman–Crippen MR) is 66.6 cm³/mol. The summed E-state index contributed by atoms with van der Waals surface area (Å²) in [6, 6.07) is 17.4. The van der Waals surface area contributed by atoms with Crippen molar-refractivity contribution in [2.75, 3.05) is 6.61 Å². The minimum Gasteiger partial charge on any atom is -0.493 e. The molecule has 0 aliphatic carbocycles. The molecule has 0 fully saturated rings. The maximum Gasteiger partial charge on any atom is 0.127 e. The van der Waals surface area contributed by atoms with Gasteiger partial charge in [0.25, 0.3) is 0 Å². The van der Waals surface area contributed by atoms with Gasteiger partial charge in [-0.25, -0.2) is 0 Å². The summed E-state index contributed by atoms with van der Waals surface area (Å²) >= 11 is 0. The lowest BCUT2D eigenvalue weighted by Crippen LogP contribution is -1.94. The van der Waals surface area contributed by atoms with E-state index in [1.54, 1.807) is 0 Å². The smallest absolute Gasteiger partial charge is 0.127 e. The van der Waals surface area contributed by atoms with Crippen molar-refractivity contribution < 1.29 is 4.74 Å². The minimum atomic E-state index is 0.687. The van der Waals surface area contributed by atoms with Gasteiger partial charge in [-0.05, 0) is 37.1 Å². The van der Waals surface area contributed by atoms with E-state index >= 15 is 0 Å². The van der Waals surface area contributed by atoms with Crippen LogP contribution >= 0.6 is 0 Å². The van der Waals surface area contributed by atoms with E-state index in [-0.39, 0.29) is 0 Å². The fourth-order valence-electron chi connectivity index (χ4n) is 1.78. The Balaban J connectivity index is 2.51. The van der Waals surface area contributed by atoms with E-state index in [9.17, 15) is 0 Å². The highest BCUT2D eigenvalue weighted by Crippen LogP contribution is 2.31. The summed E-state index contributed by atoms with van der Waals surface area (Å²) in [6.07, 6.45) is 0. The second-order valence-corrected chi connectivity index (χ2v) is 3.64. The third-order valence-corrected chi connectivity index (χ3v) is 2.54. The first-order valence-corrected chi connectivity index (χ1v) is 5.52. The van der Waals surface area contributed by atoms with Crippen LogP contribution in [0.2, 0.25) is 0 Å². The van der Waals surface area contributed by atoms with Gasteiger partial charge in [0.05, 0.1) is 6.61 Å². The molecule has 0 aromatic heterocycles. The normalized spacial score (nSPS) is 10.1. The standard InChI is InChI=1S/C15H15O/c1-3-16-15-11-7-6-10-14(15)13-9-5-4-8-12(13)2/h4-7,9-11H,3H2,1-2H3. The highest BCUT2D eigenvalue weighted by atomic mass is 16.5. The van der Waals surface area contributed by atoms with Crippen LogP contribution in [0.3, 0.4) is 0 Å². The third-order valence-electron chi connectivity index (χ3n) is 2.54. The quantitative estimate of drug-likeness (QED) is 0.749. The van der Waals surface area contributed by atoms with E-state index in [0.717, 1.165) is 16.9 Å². The monoisotopic (exact) mass is 211 g/mol. The van der Waals surface area contributed by atoms with Crippen LogP contribution in [0.1, 0.15) is 12.5 Å². The van der Waals surface area contributed by atoms with E-state index in [4.69, 9.17) is 4.74 Å². The fourth-order valence-corrected chi connectivity index (χ4v) is 1.78. The Labute approximate surface area is 96.7 Å². The highest BCUT2D eigenvalue weighted by Gasteiger charge is 2.06. The first-order chi connectivity index (χ1) is 7.83. The van der Waals surface area contributed by atoms with Crippen LogP contribution in [0.25, 0.3) is 11.1 Å². The zero-order valence-electron chi connectivity index (χ0n) is 9.66.